The summed E-state index contributed by atoms with van der Waals surface area (Å²) in [7, 11) is 0. The fraction of sp³-hybridized carbons (Fsp3) is 0.462. The van der Waals surface area contributed by atoms with E-state index in [1.807, 2.05) is 6.92 Å². The van der Waals surface area contributed by atoms with Crippen LogP contribution in [-0.4, -0.2) is 31.9 Å². The fourth-order valence-corrected chi connectivity index (χ4v) is 1.70. The highest BCUT2D eigenvalue weighted by Crippen LogP contribution is 2.16. The molecule has 0 amide bonds. The first-order valence-electron chi connectivity index (χ1n) is 5.79. The molecule has 1 aromatic carbocycles. The minimum Gasteiger partial charge on any atom is -0.494 e. The van der Waals surface area contributed by atoms with Gasteiger partial charge in [0.1, 0.15) is 5.75 Å². The lowest BCUT2D eigenvalue weighted by molar-refractivity contribution is -0.0407. The lowest BCUT2D eigenvalue weighted by Crippen LogP contribution is -2.14. The summed E-state index contributed by atoms with van der Waals surface area (Å²) >= 11 is 0. The highest BCUT2D eigenvalue weighted by Gasteiger charge is 2.20. The van der Waals surface area contributed by atoms with Gasteiger partial charge < -0.3 is 14.2 Å². The Morgan fingerprint density at radius 2 is 1.94 bits per heavy atom. The number of benzene rings is 1. The summed E-state index contributed by atoms with van der Waals surface area (Å²) in [5.74, 6) is 0.803. The van der Waals surface area contributed by atoms with Gasteiger partial charge in [0, 0.05) is 5.56 Å². The number of hydrogen-bond donors (Lipinski definition) is 0. The summed E-state index contributed by atoms with van der Waals surface area (Å²) < 4.78 is 15.8. The molecule has 4 nitrogen and oxygen atoms in total. The van der Waals surface area contributed by atoms with Crippen LogP contribution in [0.15, 0.2) is 24.3 Å². The van der Waals surface area contributed by atoms with E-state index in [2.05, 4.69) is 0 Å². The van der Waals surface area contributed by atoms with Crippen LogP contribution in [0.25, 0.3) is 0 Å². The summed E-state index contributed by atoms with van der Waals surface area (Å²) in [6.45, 7) is 3.69. The zero-order valence-electron chi connectivity index (χ0n) is 9.85. The van der Waals surface area contributed by atoms with Gasteiger partial charge in [-0.1, -0.05) is 0 Å². The maximum Gasteiger partial charge on any atom is 0.167 e. The van der Waals surface area contributed by atoms with Crippen molar-refractivity contribution in [1.29, 1.82) is 0 Å². The highest BCUT2D eigenvalue weighted by atomic mass is 16.7. The lowest BCUT2D eigenvalue weighted by atomic mass is 10.1. The van der Waals surface area contributed by atoms with Crippen molar-refractivity contribution in [3.05, 3.63) is 29.8 Å². The quantitative estimate of drug-likeness (QED) is 0.734. The fourth-order valence-electron chi connectivity index (χ4n) is 1.70. The van der Waals surface area contributed by atoms with E-state index in [0.29, 0.717) is 25.4 Å². The van der Waals surface area contributed by atoms with Gasteiger partial charge in [0.2, 0.25) is 0 Å². The van der Waals surface area contributed by atoms with Crippen molar-refractivity contribution in [2.75, 3.05) is 19.8 Å². The Morgan fingerprint density at radius 1 is 1.29 bits per heavy atom. The molecule has 1 heterocycles. The number of ketones is 1. The van der Waals surface area contributed by atoms with Gasteiger partial charge in [0.05, 0.1) is 26.2 Å². The van der Waals surface area contributed by atoms with E-state index in [4.69, 9.17) is 14.2 Å². The number of ether oxygens (including phenoxy) is 3. The molecule has 0 spiro atoms. The maximum absolute atomic E-state index is 11.9. The molecule has 0 aromatic heterocycles. The van der Waals surface area contributed by atoms with E-state index in [1.54, 1.807) is 24.3 Å². The monoisotopic (exact) mass is 236 g/mol. The van der Waals surface area contributed by atoms with Crippen molar-refractivity contribution in [3.8, 4) is 5.75 Å². The van der Waals surface area contributed by atoms with Gasteiger partial charge in [-0.25, -0.2) is 0 Å². The van der Waals surface area contributed by atoms with Crippen molar-refractivity contribution < 1.29 is 19.0 Å². The minimum atomic E-state index is -0.380. The van der Waals surface area contributed by atoms with E-state index in [-0.39, 0.29) is 18.5 Å². The molecule has 0 radical (unpaired) electrons. The third-order valence-electron chi connectivity index (χ3n) is 2.53. The largest absolute Gasteiger partial charge is 0.494 e. The van der Waals surface area contributed by atoms with Gasteiger partial charge in [-0.05, 0) is 31.2 Å². The van der Waals surface area contributed by atoms with E-state index in [1.165, 1.54) is 0 Å². The molecule has 1 saturated heterocycles. The van der Waals surface area contributed by atoms with Gasteiger partial charge >= 0.3 is 0 Å². The zero-order chi connectivity index (χ0) is 12.1. The average molecular weight is 236 g/mol. The van der Waals surface area contributed by atoms with Crippen molar-refractivity contribution >= 4 is 5.78 Å². The van der Waals surface area contributed by atoms with E-state index >= 15 is 0 Å². The first-order chi connectivity index (χ1) is 8.29. The number of hydrogen-bond acceptors (Lipinski definition) is 4. The van der Waals surface area contributed by atoms with Crippen LogP contribution in [0, 0.1) is 0 Å². The molecular formula is C13H16O4. The smallest absolute Gasteiger partial charge is 0.167 e. The molecule has 2 rings (SSSR count). The standard InChI is InChI=1S/C13H16O4/c1-2-15-11-5-3-10(4-6-11)12(14)9-13-16-7-8-17-13/h3-6,13H,2,7-9H2,1H3. The molecule has 4 heteroatoms. The minimum absolute atomic E-state index is 0.0277. The Labute approximate surface area is 100 Å². The van der Waals surface area contributed by atoms with Crippen molar-refractivity contribution in [1.82, 2.24) is 0 Å². The number of Topliss-reactive ketones (excluding diaryl/α,β-unsaturated/α-hetero) is 1. The highest BCUT2D eigenvalue weighted by molar-refractivity contribution is 5.96. The normalized spacial score (nSPS) is 16.1. The topological polar surface area (TPSA) is 44.8 Å². The molecule has 0 bridgehead atoms. The molecule has 0 aliphatic carbocycles. The molecular weight excluding hydrogens is 220 g/mol. The van der Waals surface area contributed by atoms with Gasteiger partial charge in [-0.3, -0.25) is 4.79 Å². The van der Waals surface area contributed by atoms with Crippen molar-refractivity contribution in [2.45, 2.75) is 19.6 Å². The van der Waals surface area contributed by atoms with Crippen LogP contribution in [0.3, 0.4) is 0 Å². The van der Waals surface area contributed by atoms with Gasteiger partial charge in [0.15, 0.2) is 12.1 Å². The maximum atomic E-state index is 11.9. The molecule has 0 saturated carbocycles. The van der Waals surface area contributed by atoms with Gasteiger partial charge in [0.25, 0.3) is 0 Å². The number of carbonyl (C=O) groups is 1. The molecule has 1 aliphatic heterocycles. The summed E-state index contributed by atoms with van der Waals surface area (Å²) in [4.78, 5) is 11.9. The molecule has 1 aromatic rings. The second-order valence-electron chi connectivity index (χ2n) is 3.76. The molecule has 1 fully saturated rings. The predicted molar refractivity (Wildman–Crippen MR) is 62.3 cm³/mol. The Bertz CT molecular complexity index is 366. The molecule has 0 unspecified atom stereocenters. The van der Waals surface area contributed by atoms with Crippen LogP contribution >= 0.6 is 0 Å². The van der Waals surface area contributed by atoms with Crippen LogP contribution in [0.5, 0.6) is 5.75 Å². The van der Waals surface area contributed by atoms with Crippen LogP contribution in [0.2, 0.25) is 0 Å². The summed E-state index contributed by atoms with van der Waals surface area (Å²) in [5.41, 5.74) is 0.660. The summed E-state index contributed by atoms with van der Waals surface area (Å²) in [5, 5.41) is 0. The average Bonchev–Trinajstić information content (AvgIpc) is 2.83. The van der Waals surface area contributed by atoms with Crippen molar-refractivity contribution in [3.63, 3.8) is 0 Å². The van der Waals surface area contributed by atoms with Crippen LogP contribution in [0.4, 0.5) is 0 Å². The Balaban J connectivity index is 1.93. The molecule has 0 atom stereocenters. The summed E-state index contributed by atoms with van der Waals surface area (Å²) in [6, 6.07) is 7.13. The second-order valence-corrected chi connectivity index (χ2v) is 3.76. The number of rotatable bonds is 5. The van der Waals surface area contributed by atoms with E-state index < -0.39 is 0 Å². The van der Waals surface area contributed by atoms with E-state index in [9.17, 15) is 4.79 Å². The molecule has 1 aliphatic rings. The summed E-state index contributed by atoms with van der Waals surface area (Å²) in [6.07, 6.45) is -0.109. The predicted octanol–water partition coefficient (Wildman–Crippen LogP) is 2.03. The van der Waals surface area contributed by atoms with E-state index in [0.717, 1.165) is 5.75 Å². The second kappa shape index (κ2) is 5.80. The third kappa shape index (κ3) is 3.28. The Morgan fingerprint density at radius 3 is 2.53 bits per heavy atom. The Hall–Kier alpha value is -1.39. The van der Waals surface area contributed by atoms with Crippen LogP contribution in [0.1, 0.15) is 23.7 Å². The van der Waals surface area contributed by atoms with Crippen LogP contribution in [-0.2, 0) is 9.47 Å². The zero-order valence-corrected chi connectivity index (χ0v) is 9.85. The molecule has 0 N–H and O–H groups in total. The van der Waals surface area contributed by atoms with Gasteiger partial charge in [-0.15, -0.1) is 0 Å². The van der Waals surface area contributed by atoms with Crippen molar-refractivity contribution in [2.24, 2.45) is 0 Å². The van der Waals surface area contributed by atoms with Gasteiger partial charge in [-0.2, -0.15) is 0 Å². The first-order valence-corrected chi connectivity index (χ1v) is 5.79. The van der Waals surface area contributed by atoms with Crippen LogP contribution < -0.4 is 4.74 Å². The third-order valence-corrected chi connectivity index (χ3v) is 2.53. The number of carbonyl (C=O) groups excluding carboxylic acids is 1. The molecule has 17 heavy (non-hydrogen) atoms. The SMILES string of the molecule is CCOc1ccc(C(=O)CC2OCCO2)cc1. The lowest BCUT2D eigenvalue weighted by Gasteiger charge is -2.08. The first kappa shape index (κ1) is 12.1. The molecule has 92 valence electrons. The Kier molecular flexibility index (Phi) is 4.12.